The van der Waals surface area contributed by atoms with Gasteiger partial charge in [-0.05, 0) is 32.9 Å². The Kier molecular flexibility index (Phi) is 6.93. The van der Waals surface area contributed by atoms with Crippen LogP contribution in [0.2, 0.25) is 0 Å². The van der Waals surface area contributed by atoms with Crippen LogP contribution in [0.4, 0.5) is 21.2 Å². The van der Waals surface area contributed by atoms with Crippen molar-refractivity contribution in [2.75, 3.05) is 43.1 Å². The summed E-state index contributed by atoms with van der Waals surface area (Å²) in [6, 6.07) is 7.42. The summed E-state index contributed by atoms with van der Waals surface area (Å²) in [6.07, 6.45) is -0.357. The molecule has 33 heavy (non-hydrogen) atoms. The Morgan fingerprint density at radius 1 is 1.18 bits per heavy atom. The third kappa shape index (κ3) is 5.00. The van der Waals surface area contributed by atoms with Gasteiger partial charge in [0.05, 0.1) is 50.3 Å². The van der Waals surface area contributed by atoms with Gasteiger partial charge in [0.2, 0.25) is 5.95 Å². The zero-order valence-corrected chi connectivity index (χ0v) is 19.3. The number of nitrogens with zero attached hydrogens (tertiary/aromatic N) is 4. The molecule has 0 bridgehead atoms. The molecule has 1 fully saturated rings. The molecule has 2 N–H and O–H groups in total. The van der Waals surface area contributed by atoms with Gasteiger partial charge in [-0.1, -0.05) is 12.1 Å². The largest absolute Gasteiger partial charge is 0.450 e. The second-order valence-corrected chi connectivity index (χ2v) is 8.03. The van der Waals surface area contributed by atoms with E-state index in [-0.39, 0.29) is 18.2 Å². The molecule has 0 aliphatic carbocycles. The van der Waals surface area contributed by atoms with E-state index in [2.05, 4.69) is 22.5 Å². The summed E-state index contributed by atoms with van der Waals surface area (Å²) in [7, 11) is 0. The second kappa shape index (κ2) is 10.0. The number of aromatic nitrogens is 2. The van der Waals surface area contributed by atoms with Crippen LogP contribution in [0.25, 0.3) is 11.3 Å². The van der Waals surface area contributed by atoms with Gasteiger partial charge in [-0.25, -0.2) is 19.6 Å². The number of urea groups is 1. The van der Waals surface area contributed by atoms with Crippen LogP contribution in [0.15, 0.2) is 24.3 Å². The molecule has 1 saturated heterocycles. The molecule has 1 aromatic heterocycles. The number of carbonyl (C=O) groups excluding carboxylic acids is 2. The van der Waals surface area contributed by atoms with Crippen LogP contribution in [0.5, 0.6) is 0 Å². The van der Waals surface area contributed by atoms with Gasteiger partial charge in [-0.2, -0.15) is 0 Å². The molecule has 10 nitrogen and oxygen atoms in total. The summed E-state index contributed by atoms with van der Waals surface area (Å²) in [5.74, 6) is 0.634. The molecule has 2 aliphatic heterocycles. The minimum absolute atomic E-state index is 0.149. The number of morpholine rings is 1. The van der Waals surface area contributed by atoms with E-state index < -0.39 is 0 Å². The summed E-state index contributed by atoms with van der Waals surface area (Å²) in [4.78, 5) is 37.7. The van der Waals surface area contributed by atoms with Crippen LogP contribution in [0.1, 0.15) is 32.0 Å². The van der Waals surface area contributed by atoms with Crippen molar-refractivity contribution in [3.8, 4) is 11.3 Å². The molecule has 0 saturated carbocycles. The van der Waals surface area contributed by atoms with E-state index in [9.17, 15) is 9.59 Å². The monoisotopic (exact) mass is 454 g/mol. The lowest BCUT2D eigenvalue weighted by Crippen LogP contribution is -2.44. The summed E-state index contributed by atoms with van der Waals surface area (Å²) < 4.78 is 10.8. The Morgan fingerprint density at radius 2 is 1.97 bits per heavy atom. The van der Waals surface area contributed by atoms with Crippen molar-refractivity contribution in [3.05, 3.63) is 35.5 Å². The molecule has 2 aromatic rings. The molecule has 0 spiro atoms. The van der Waals surface area contributed by atoms with Crippen molar-refractivity contribution < 1.29 is 19.1 Å². The number of ether oxygens (including phenoxy) is 2. The quantitative estimate of drug-likeness (QED) is 0.715. The van der Waals surface area contributed by atoms with E-state index in [0.29, 0.717) is 57.6 Å². The Morgan fingerprint density at radius 3 is 2.67 bits per heavy atom. The number of rotatable bonds is 5. The molecular weight excluding hydrogens is 424 g/mol. The van der Waals surface area contributed by atoms with Gasteiger partial charge in [0.25, 0.3) is 0 Å². The molecule has 0 unspecified atom stereocenters. The Labute approximate surface area is 193 Å². The Balaban J connectivity index is 1.68. The molecule has 4 rings (SSSR count). The molecule has 10 heteroatoms. The predicted molar refractivity (Wildman–Crippen MR) is 124 cm³/mol. The van der Waals surface area contributed by atoms with Gasteiger partial charge in [0.15, 0.2) is 0 Å². The zero-order valence-electron chi connectivity index (χ0n) is 19.3. The maximum atomic E-state index is 12.4. The molecule has 2 aliphatic rings. The minimum Gasteiger partial charge on any atom is -0.450 e. The van der Waals surface area contributed by atoms with Gasteiger partial charge >= 0.3 is 12.1 Å². The summed E-state index contributed by atoms with van der Waals surface area (Å²) in [5, 5.41) is 5.52. The zero-order chi connectivity index (χ0) is 23.4. The lowest BCUT2D eigenvalue weighted by Gasteiger charge is -2.33. The maximum absolute atomic E-state index is 12.4. The normalized spacial score (nSPS) is 17.5. The van der Waals surface area contributed by atoms with Gasteiger partial charge < -0.3 is 25.0 Å². The van der Waals surface area contributed by atoms with Crippen LogP contribution >= 0.6 is 0 Å². The van der Waals surface area contributed by atoms with E-state index in [1.165, 1.54) is 0 Å². The first-order valence-electron chi connectivity index (χ1n) is 11.3. The minimum atomic E-state index is -0.357. The molecule has 176 valence electrons. The Bertz CT molecular complexity index is 1010. The third-order valence-electron chi connectivity index (χ3n) is 5.67. The number of carbonyl (C=O) groups is 2. The predicted octanol–water partition coefficient (Wildman–Crippen LogP) is 2.98. The van der Waals surface area contributed by atoms with Crippen molar-refractivity contribution >= 4 is 23.8 Å². The smallest absolute Gasteiger partial charge is 0.410 e. The number of amides is 3. The summed E-state index contributed by atoms with van der Waals surface area (Å²) in [5.41, 5.74) is 4.10. The van der Waals surface area contributed by atoms with Crippen LogP contribution in [0, 0.1) is 0 Å². The summed E-state index contributed by atoms with van der Waals surface area (Å²) >= 11 is 0. The fourth-order valence-corrected chi connectivity index (χ4v) is 4.02. The molecule has 3 amide bonds. The van der Waals surface area contributed by atoms with Crippen molar-refractivity contribution in [2.24, 2.45) is 0 Å². The van der Waals surface area contributed by atoms with Gasteiger partial charge in [-0.3, -0.25) is 4.90 Å². The van der Waals surface area contributed by atoms with Gasteiger partial charge in [0, 0.05) is 29.9 Å². The first-order chi connectivity index (χ1) is 16.0. The highest BCUT2D eigenvalue weighted by Crippen LogP contribution is 2.33. The highest BCUT2D eigenvalue weighted by Gasteiger charge is 2.31. The highest BCUT2D eigenvalue weighted by molar-refractivity contribution is 5.89. The van der Waals surface area contributed by atoms with Crippen molar-refractivity contribution in [1.82, 2.24) is 20.2 Å². The number of hydrogen-bond acceptors (Lipinski definition) is 7. The second-order valence-electron chi connectivity index (χ2n) is 8.03. The standard InChI is InChI=1S/C23H30N6O4/c1-4-24-22(30)25-17-8-6-16(7-9-17)20-18-12-28(23(31)33-5-2)13-19(18)26-21(27-20)29-10-11-32-14-15(29)3/h6-9,15H,4-5,10-14H2,1-3H3,(H2,24,25,30)/t15-/m0/s1. The topological polar surface area (TPSA) is 109 Å². The van der Waals surface area contributed by atoms with Crippen LogP contribution in [-0.4, -0.2) is 65.9 Å². The number of benzene rings is 1. The average Bonchev–Trinajstić information content (AvgIpc) is 3.24. The number of hydrogen-bond donors (Lipinski definition) is 2. The van der Waals surface area contributed by atoms with Crippen LogP contribution in [0.3, 0.4) is 0 Å². The van der Waals surface area contributed by atoms with Gasteiger partial charge in [-0.15, -0.1) is 0 Å². The van der Waals surface area contributed by atoms with Crippen LogP contribution in [-0.2, 0) is 22.6 Å². The first-order valence-corrected chi connectivity index (χ1v) is 11.3. The molecule has 1 aromatic carbocycles. The lowest BCUT2D eigenvalue weighted by atomic mass is 10.1. The van der Waals surface area contributed by atoms with Crippen LogP contribution < -0.4 is 15.5 Å². The Hall–Kier alpha value is -3.40. The molecule has 3 heterocycles. The van der Waals surface area contributed by atoms with E-state index >= 15 is 0 Å². The first kappa shape index (κ1) is 22.8. The average molecular weight is 455 g/mol. The molecule has 1 atom stereocenters. The fraction of sp³-hybridized carbons (Fsp3) is 0.478. The van der Waals surface area contributed by atoms with Gasteiger partial charge in [0.1, 0.15) is 0 Å². The highest BCUT2D eigenvalue weighted by atomic mass is 16.6. The molecular formula is C23H30N6O4. The maximum Gasteiger partial charge on any atom is 0.410 e. The van der Waals surface area contributed by atoms with E-state index in [0.717, 1.165) is 22.5 Å². The van der Waals surface area contributed by atoms with E-state index in [4.69, 9.17) is 19.4 Å². The van der Waals surface area contributed by atoms with E-state index in [1.54, 1.807) is 11.8 Å². The van der Waals surface area contributed by atoms with E-state index in [1.807, 2.05) is 31.2 Å². The SMILES string of the molecule is CCNC(=O)Nc1ccc(-c2nc(N3CCOC[C@@H]3C)nc3c2CN(C(=O)OCC)C3)cc1. The lowest BCUT2D eigenvalue weighted by molar-refractivity contribution is 0.0980. The number of anilines is 2. The summed E-state index contributed by atoms with van der Waals surface area (Å²) in [6.45, 7) is 9.33. The van der Waals surface area contributed by atoms with Crippen molar-refractivity contribution in [3.63, 3.8) is 0 Å². The third-order valence-corrected chi connectivity index (χ3v) is 5.67. The van der Waals surface area contributed by atoms with Crippen molar-refractivity contribution in [2.45, 2.75) is 39.9 Å². The number of nitrogens with one attached hydrogen (secondary N) is 2. The number of fused-ring (bicyclic) bond motifs is 1. The van der Waals surface area contributed by atoms with Crippen molar-refractivity contribution in [1.29, 1.82) is 0 Å². The molecule has 0 radical (unpaired) electrons. The fourth-order valence-electron chi connectivity index (χ4n) is 4.02.